The molecule has 1 heterocycles. The second-order valence-electron chi connectivity index (χ2n) is 8.97. The summed E-state index contributed by atoms with van der Waals surface area (Å²) < 4.78 is 12.0. The van der Waals surface area contributed by atoms with Crippen molar-refractivity contribution in [2.75, 3.05) is 13.2 Å². The molecular weight excluding hydrogens is 284 g/mol. The zero-order valence-corrected chi connectivity index (χ0v) is 14.7. The Morgan fingerprint density at radius 1 is 1.09 bits per heavy atom. The molecule has 1 saturated heterocycles. The average molecular weight is 314 g/mol. The first kappa shape index (κ1) is 14.7. The molecule has 2 nitrogen and oxygen atoms in total. The van der Waals surface area contributed by atoms with Gasteiger partial charge >= 0.3 is 0 Å². The van der Waals surface area contributed by atoms with Crippen LogP contribution < -0.4 is 0 Å². The Balaban J connectivity index is 1.48. The van der Waals surface area contributed by atoms with Gasteiger partial charge in [0, 0.05) is 12.8 Å². The van der Waals surface area contributed by atoms with Gasteiger partial charge in [0.15, 0.2) is 5.79 Å². The second kappa shape index (κ2) is 4.95. The van der Waals surface area contributed by atoms with E-state index in [1.807, 2.05) is 0 Å². The van der Waals surface area contributed by atoms with Gasteiger partial charge in [-0.25, -0.2) is 0 Å². The summed E-state index contributed by atoms with van der Waals surface area (Å²) in [7, 11) is 0. The molecule has 0 aromatic rings. The molecule has 0 N–H and O–H groups in total. The Hall–Kier alpha value is -0.600. The van der Waals surface area contributed by atoms with Crippen molar-refractivity contribution >= 4 is 0 Å². The van der Waals surface area contributed by atoms with E-state index in [0.717, 1.165) is 43.8 Å². The molecule has 0 aromatic heterocycles. The van der Waals surface area contributed by atoms with Crippen LogP contribution in [0.5, 0.6) is 0 Å². The van der Waals surface area contributed by atoms with Gasteiger partial charge in [0.25, 0.3) is 0 Å². The van der Waals surface area contributed by atoms with Crippen LogP contribution in [-0.4, -0.2) is 19.0 Å². The predicted octanol–water partition coefficient (Wildman–Crippen LogP) is 5.00. The lowest BCUT2D eigenvalue weighted by Gasteiger charge is -2.48. The number of rotatable bonds is 0. The summed E-state index contributed by atoms with van der Waals surface area (Å²) in [5, 5.41) is 0. The molecule has 0 aromatic carbocycles. The van der Waals surface area contributed by atoms with Crippen molar-refractivity contribution < 1.29 is 9.47 Å². The van der Waals surface area contributed by atoms with E-state index in [-0.39, 0.29) is 5.79 Å². The van der Waals surface area contributed by atoms with Crippen LogP contribution >= 0.6 is 0 Å². The maximum absolute atomic E-state index is 5.99. The van der Waals surface area contributed by atoms with E-state index in [1.165, 1.54) is 38.5 Å². The van der Waals surface area contributed by atoms with E-state index in [2.05, 4.69) is 19.9 Å². The van der Waals surface area contributed by atoms with Crippen LogP contribution in [0.15, 0.2) is 22.8 Å². The third-order valence-electron chi connectivity index (χ3n) is 8.12. The fraction of sp³-hybridized carbons (Fsp3) is 0.810. The highest BCUT2D eigenvalue weighted by Gasteiger charge is 2.52. The lowest BCUT2D eigenvalue weighted by molar-refractivity contribution is -0.164. The Labute approximate surface area is 140 Å². The molecule has 0 bridgehead atoms. The van der Waals surface area contributed by atoms with E-state index in [1.54, 1.807) is 16.7 Å². The standard InChI is InChI=1S/C21H30O2/c1-14-3-6-19-18-5-4-15-13-21(22-11-12-23-21)10-8-16(15)17(18)7-9-20(14,19)2/h7,14,18-19H,3-6,8-13H2,1-2H3/t14-,18?,19?,20?/m0/s1. The van der Waals surface area contributed by atoms with Gasteiger partial charge in [0.2, 0.25) is 0 Å². The smallest absolute Gasteiger partial charge is 0.172 e. The second-order valence-corrected chi connectivity index (χ2v) is 8.97. The van der Waals surface area contributed by atoms with E-state index in [4.69, 9.17) is 9.47 Å². The zero-order valence-electron chi connectivity index (χ0n) is 14.7. The molecule has 1 spiro atoms. The molecule has 23 heavy (non-hydrogen) atoms. The molecule has 0 radical (unpaired) electrons. The first-order valence-electron chi connectivity index (χ1n) is 9.81. The highest BCUT2D eigenvalue weighted by Crippen LogP contribution is 2.61. The lowest BCUT2D eigenvalue weighted by atomic mass is 9.57. The molecule has 0 amide bonds. The van der Waals surface area contributed by atoms with Gasteiger partial charge in [0.1, 0.15) is 0 Å². The van der Waals surface area contributed by atoms with Crippen molar-refractivity contribution in [3.8, 4) is 0 Å². The van der Waals surface area contributed by atoms with Gasteiger partial charge in [-0.3, -0.25) is 0 Å². The van der Waals surface area contributed by atoms with Crippen LogP contribution in [0.1, 0.15) is 65.2 Å². The molecule has 2 fully saturated rings. The van der Waals surface area contributed by atoms with Crippen LogP contribution in [0.25, 0.3) is 0 Å². The number of ether oxygens (including phenoxy) is 2. The van der Waals surface area contributed by atoms with Crippen LogP contribution in [0.4, 0.5) is 0 Å². The van der Waals surface area contributed by atoms with Crippen LogP contribution in [0, 0.1) is 23.2 Å². The van der Waals surface area contributed by atoms with E-state index >= 15 is 0 Å². The highest BCUT2D eigenvalue weighted by atomic mass is 16.7. The highest BCUT2D eigenvalue weighted by molar-refractivity contribution is 5.44. The van der Waals surface area contributed by atoms with Crippen molar-refractivity contribution in [3.05, 3.63) is 22.8 Å². The number of fused-ring (bicyclic) bond motifs is 4. The summed E-state index contributed by atoms with van der Waals surface area (Å²) in [4.78, 5) is 0. The maximum Gasteiger partial charge on any atom is 0.172 e. The van der Waals surface area contributed by atoms with Crippen LogP contribution in [0.2, 0.25) is 0 Å². The largest absolute Gasteiger partial charge is 0.347 e. The third-order valence-corrected chi connectivity index (χ3v) is 8.12. The summed E-state index contributed by atoms with van der Waals surface area (Å²) >= 11 is 0. The Morgan fingerprint density at radius 3 is 2.74 bits per heavy atom. The SMILES string of the molecule is C[C@H]1CCC2C3CCC4=C(CCC5(C4)OCCO5)C3=CCC21C. The minimum atomic E-state index is -0.253. The molecule has 4 aliphatic carbocycles. The van der Waals surface area contributed by atoms with Gasteiger partial charge in [-0.05, 0) is 72.8 Å². The summed E-state index contributed by atoms with van der Waals surface area (Å²) in [6.45, 7) is 6.63. The van der Waals surface area contributed by atoms with Gasteiger partial charge in [0.05, 0.1) is 13.2 Å². The third kappa shape index (κ3) is 2.00. The molecule has 5 aliphatic rings. The fourth-order valence-corrected chi connectivity index (χ4v) is 6.54. The first-order valence-corrected chi connectivity index (χ1v) is 9.81. The topological polar surface area (TPSA) is 18.5 Å². The van der Waals surface area contributed by atoms with Gasteiger partial charge in [-0.2, -0.15) is 0 Å². The monoisotopic (exact) mass is 314 g/mol. The van der Waals surface area contributed by atoms with Crippen molar-refractivity contribution in [2.24, 2.45) is 23.2 Å². The molecule has 5 rings (SSSR count). The van der Waals surface area contributed by atoms with Crippen molar-refractivity contribution in [1.82, 2.24) is 0 Å². The predicted molar refractivity (Wildman–Crippen MR) is 90.9 cm³/mol. The van der Waals surface area contributed by atoms with Crippen molar-refractivity contribution in [1.29, 1.82) is 0 Å². The Kier molecular flexibility index (Phi) is 3.17. The van der Waals surface area contributed by atoms with E-state index < -0.39 is 0 Å². The van der Waals surface area contributed by atoms with Crippen molar-refractivity contribution in [2.45, 2.75) is 71.0 Å². The average Bonchev–Trinajstić information content (AvgIpc) is 3.12. The van der Waals surface area contributed by atoms with Gasteiger partial charge in [-0.1, -0.05) is 25.5 Å². The van der Waals surface area contributed by atoms with Crippen LogP contribution in [0.3, 0.4) is 0 Å². The normalized spacial score (nSPS) is 44.8. The first-order chi connectivity index (χ1) is 11.1. The maximum atomic E-state index is 5.99. The fourth-order valence-electron chi connectivity index (χ4n) is 6.54. The number of allylic oxidation sites excluding steroid dienone is 3. The van der Waals surface area contributed by atoms with Crippen molar-refractivity contribution in [3.63, 3.8) is 0 Å². The lowest BCUT2D eigenvalue weighted by Crippen LogP contribution is -2.40. The Morgan fingerprint density at radius 2 is 1.91 bits per heavy atom. The molecule has 2 heteroatoms. The quantitative estimate of drug-likeness (QED) is 0.626. The summed E-state index contributed by atoms with van der Waals surface area (Å²) in [6, 6.07) is 0. The summed E-state index contributed by atoms with van der Waals surface area (Å²) in [5.41, 5.74) is 5.69. The molecular formula is C21H30O2. The number of hydrogen-bond acceptors (Lipinski definition) is 2. The molecule has 1 aliphatic heterocycles. The molecule has 1 saturated carbocycles. The molecule has 126 valence electrons. The Bertz CT molecular complexity index is 581. The van der Waals surface area contributed by atoms with Gasteiger partial charge in [-0.15, -0.1) is 0 Å². The van der Waals surface area contributed by atoms with Gasteiger partial charge < -0.3 is 9.47 Å². The minimum absolute atomic E-state index is 0.253. The molecule has 3 unspecified atom stereocenters. The number of hydrogen-bond donors (Lipinski definition) is 0. The summed E-state index contributed by atoms with van der Waals surface area (Å²) in [5.74, 6) is 2.42. The summed E-state index contributed by atoms with van der Waals surface area (Å²) in [6.07, 6.45) is 12.8. The zero-order chi connectivity index (χ0) is 15.7. The van der Waals surface area contributed by atoms with E-state index in [0.29, 0.717) is 5.41 Å². The minimum Gasteiger partial charge on any atom is -0.347 e. The molecule has 4 atom stereocenters. The van der Waals surface area contributed by atoms with E-state index in [9.17, 15) is 0 Å². The van der Waals surface area contributed by atoms with Crippen LogP contribution in [-0.2, 0) is 9.47 Å².